The maximum absolute atomic E-state index is 11.8. The van der Waals surface area contributed by atoms with Crippen LogP contribution in [0.25, 0.3) is 10.9 Å². The van der Waals surface area contributed by atoms with Crippen molar-refractivity contribution in [2.75, 3.05) is 33.4 Å². The molecule has 2 aromatic rings. The molecule has 0 saturated carbocycles. The highest BCUT2D eigenvalue weighted by molar-refractivity contribution is 6.06. The lowest BCUT2D eigenvalue weighted by atomic mass is 10.1. The van der Waals surface area contributed by atoms with Crippen molar-refractivity contribution >= 4 is 16.9 Å². The van der Waals surface area contributed by atoms with E-state index in [4.69, 9.17) is 9.47 Å². The van der Waals surface area contributed by atoms with E-state index in [2.05, 4.69) is 16.4 Å². The summed E-state index contributed by atoms with van der Waals surface area (Å²) in [5.41, 5.74) is 1.93. The van der Waals surface area contributed by atoms with Crippen molar-refractivity contribution in [3.05, 3.63) is 29.5 Å². The Morgan fingerprint density at radius 1 is 1.35 bits per heavy atom. The van der Waals surface area contributed by atoms with Gasteiger partial charge in [0.15, 0.2) is 0 Å². The van der Waals surface area contributed by atoms with Crippen LogP contribution in [-0.2, 0) is 4.74 Å². The molecule has 0 radical (unpaired) electrons. The van der Waals surface area contributed by atoms with Gasteiger partial charge in [0.1, 0.15) is 5.75 Å². The second kappa shape index (κ2) is 6.22. The molecule has 3 rings (SSSR count). The van der Waals surface area contributed by atoms with Crippen LogP contribution in [0, 0.1) is 6.92 Å². The van der Waals surface area contributed by atoms with Crippen molar-refractivity contribution in [2.45, 2.75) is 20.0 Å². The summed E-state index contributed by atoms with van der Waals surface area (Å²) in [7, 11) is 1.61. The zero-order chi connectivity index (χ0) is 16.6. The van der Waals surface area contributed by atoms with Crippen LogP contribution in [0.15, 0.2) is 18.2 Å². The summed E-state index contributed by atoms with van der Waals surface area (Å²) >= 11 is 0. The summed E-state index contributed by atoms with van der Waals surface area (Å²) in [4.78, 5) is 14.1. The standard InChI is InChI=1S/C17H22N2O4/c1-11-15(17(20)21)13-5-4-6-14(22-3)16(13)19(11)12(2)18-7-9-23-10-8-18/h4-6,12H,7-10H2,1-3H3,(H,20,21). The highest BCUT2D eigenvalue weighted by Crippen LogP contribution is 2.36. The third-order valence-corrected chi connectivity index (χ3v) is 4.61. The van der Waals surface area contributed by atoms with E-state index in [0.29, 0.717) is 24.5 Å². The Hall–Kier alpha value is -2.05. The molecule has 1 aliphatic heterocycles. The third kappa shape index (κ3) is 2.58. The van der Waals surface area contributed by atoms with Crippen molar-refractivity contribution in [3.63, 3.8) is 0 Å². The maximum atomic E-state index is 11.8. The van der Waals surface area contributed by atoms with Gasteiger partial charge in [-0.25, -0.2) is 4.79 Å². The number of carboxylic acids is 1. The van der Waals surface area contributed by atoms with Gasteiger partial charge in [-0.1, -0.05) is 12.1 Å². The minimum Gasteiger partial charge on any atom is -0.495 e. The number of morpholine rings is 1. The lowest BCUT2D eigenvalue weighted by Crippen LogP contribution is -2.40. The van der Waals surface area contributed by atoms with Gasteiger partial charge in [0.25, 0.3) is 0 Å². The van der Waals surface area contributed by atoms with E-state index in [-0.39, 0.29) is 6.17 Å². The van der Waals surface area contributed by atoms with Gasteiger partial charge in [-0.05, 0) is 19.9 Å². The minimum absolute atomic E-state index is 0.0331. The number of hydrogen-bond acceptors (Lipinski definition) is 4. The van der Waals surface area contributed by atoms with Crippen molar-refractivity contribution in [3.8, 4) is 5.75 Å². The molecule has 0 amide bonds. The molecular formula is C17H22N2O4. The van der Waals surface area contributed by atoms with Crippen molar-refractivity contribution in [1.82, 2.24) is 9.47 Å². The fourth-order valence-electron chi connectivity index (χ4n) is 3.47. The number of benzene rings is 1. The Morgan fingerprint density at radius 2 is 2.04 bits per heavy atom. The van der Waals surface area contributed by atoms with E-state index in [1.807, 2.05) is 25.1 Å². The van der Waals surface area contributed by atoms with Crippen LogP contribution in [0.5, 0.6) is 5.75 Å². The SMILES string of the molecule is COc1cccc2c(C(=O)O)c(C)n(C(C)N3CCOCC3)c12. The molecule has 1 aliphatic rings. The summed E-state index contributed by atoms with van der Waals surface area (Å²) in [6.45, 7) is 7.02. The molecule has 1 aromatic carbocycles. The zero-order valence-electron chi connectivity index (χ0n) is 13.7. The molecule has 1 unspecified atom stereocenters. The van der Waals surface area contributed by atoms with Crippen molar-refractivity contribution < 1.29 is 19.4 Å². The van der Waals surface area contributed by atoms with E-state index < -0.39 is 5.97 Å². The largest absolute Gasteiger partial charge is 0.495 e. The van der Waals surface area contributed by atoms with Crippen LogP contribution in [-0.4, -0.2) is 54.0 Å². The average Bonchev–Trinajstić information content (AvgIpc) is 2.87. The van der Waals surface area contributed by atoms with Gasteiger partial charge in [0.2, 0.25) is 0 Å². The summed E-state index contributed by atoms with van der Waals surface area (Å²) in [5, 5.41) is 10.4. The molecule has 1 N–H and O–H groups in total. The fraction of sp³-hybridized carbons (Fsp3) is 0.471. The number of para-hydroxylation sites is 1. The fourth-order valence-corrected chi connectivity index (χ4v) is 3.47. The lowest BCUT2D eigenvalue weighted by Gasteiger charge is -2.34. The number of fused-ring (bicyclic) bond motifs is 1. The number of hydrogen-bond donors (Lipinski definition) is 1. The highest BCUT2D eigenvalue weighted by atomic mass is 16.5. The first kappa shape index (κ1) is 15.8. The molecule has 6 heteroatoms. The molecule has 0 aliphatic carbocycles. The number of aromatic carboxylic acids is 1. The van der Waals surface area contributed by atoms with E-state index >= 15 is 0 Å². The van der Waals surface area contributed by atoms with Crippen LogP contribution >= 0.6 is 0 Å². The van der Waals surface area contributed by atoms with Gasteiger partial charge in [0, 0.05) is 24.2 Å². The first-order valence-corrected chi connectivity index (χ1v) is 7.78. The van der Waals surface area contributed by atoms with E-state index in [1.165, 1.54) is 0 Å². The van der Waals surface area contributed by atoms with Gasteiger partial charge < -0.3 is 19.1 Å². The first-order valence-electron chi connectivity index (χ1n) is 7.78. The number of ether oxygens (including phenoxy) is 2. The molecule has 1 aromatic heterocycles. The normalized spacial score (nSPS) is 17.3. The van der Waals surface area contributed by atoms with Crippen molar-refractivity contribution in [2.24, 2.45) is 0 Å². The van der Waals surface area contributed by atoms with E-state index in [1.54, 1.807) is 7.11 Å². The monoisotopic (exact) mass is 318 g/mol. The number of carbonyl (C=O) groups is 1. The second-order valence-electron chi connectivity index (χ2n) is 5.77. The summed E-state index contributed by atoms with van der Waals surface area (Å²) in [6, 6.07) is 5.55. The maximum Gasteiger partial charge on any atom is 0.338 e. The quantitative estimate of drug-likeness (QED) is 0.938. The highest BCUT2D eigenvalue weighted by Gasteiger charge is 2.27. The number of nitrogens with zero attached hydrogens (tertiary/aromatic N) is 2. The van der Waals surface area contributed by atoms with E-state index in [9.17, 15) is 9.90 Å². The topological polar surface area (TPSA) is 63.9 Å². The molecule has 0 spiro atoms. The van der Waals surface area contributed by atoms with E-state index in [0.717, 1.165) is 29.7 Å². The lowest BCUT2D eigenvalue weighted by molar-refractivity contribution is 0.00423. The molecule has 23 heavy (non-hydrogen) atoms. The van der Waals surface area contributed by atoms with Crippen LogP contribution < -0.4 is 4.74 Å². The van der Waals surface area contributed by atoms with Crippen LogP contribution in [0.3, 0.4) is 0 Å². The van der Waals surface area contributed by atoms with Crippen LogP contribution in [0.2, 0.25) is 0 Å². The smallest absolute Gasteiger partial charge is 0.338 e. The van der Waals surface area contributed by atoms with Gasteiger partial charge >= 0.3 is 5.97 Å². The predicted molar refractivity (Wildman–Crippen MR) is 87.3 cm³/mol. The Morgan fingerprint density at radius 3 is 2.65 bits per heavy atom. The molecule has 124 valence electrons. The Bertz CT molecular complexity index is 732. The molecule has 1 saturated heterocycles. The van der Waals surface area contributed by atoms with Crippen LogP contribution in [0.4, 0.5) is 0 Å². The Labute approximate surface area is 135 Å². The Kier molecular flexibility index (Phi) is 4.28. The Balaban J connectivity index is 2.22. The van der Waals surface area contributed by atoms with Gasteiger partial charge in [-0.3, -0.25) is 4.90 Å². The molecule has 6 nitrogen and oxygen atoms in total. The number of aromatic nitrogens is 1. The summed E-state index contributed by atoms with van der Waals surface area (Å²) in [5.74, 6) is -0.216. The van der Waals surface area contributed by atoms with Gasteiger partial charge in [-0.2, -0.15) is 0 Å². The summed E-state index contributed by atoms with van der Waals surface area (Å²) < 4.78 is 13.0. The second-order valence-corrected chi connectivity index (χ2v) is 5.77. The predicted octanol–water partition coefficient (Wildman–Crippen LogP) is 2.51. The van der Waals surface area contributed by atoms with Gasteiger partial charge in [-0.15, -0.1) is 0 Å². The minimum atomic E-state index is -0.909. The zero-order valence-corrected chi connectivity index (χ0v) is 13.7. The van der Waals surface area contributed by atoms with Crippen molar-refractivity contribution in [1.29, 1.82) is 0 Å². The molecular weight excluding hydrogens is 296 g/mol. The third-order valence-electron chi connectivity index (χ3n) is 4.61. The average molecular weight is 318 g/mol. The molecule has 1 atom stereocenters. The molecule has 2 heterocycles. The summed E-state index contributed by atoms with van der Waals surface area (Å²) in [6.07, 6.45) is 0.0331. The molecule has 1 fully saturated rings. The number of rotatable bonds is 4. The van der Waals surface area contributed by atoms with Crippen LogP contribution in [0.1, 0.15) is 29.1 Å². The van der Waals surface area contributed by atoms with Gasteiger partial charge in [0.05, 0.1) is 37.6 Å². The number of carboxylic acid groups (broad SMARTS) is 1. The first-order chi connectivity index (χ1) is 11.1. The number of methoxy groups -OCH3 is 1. The molecule has 0 bridgehead atoms.